The molecule has 2 fully saturated rings. The first-order chi connectivity index (χ1) is 14.7. The van der Waals surface area contributed by atoms with Crippen molar-refractivity contribution in [2.45, 2.75) is 51.2 Å². The topological polar surface area (TPSA) is 75.1 Å². The Morgan fingerprint density at radius 3 is 2.75 bits per heavy atom. The number of rotatable bonds is 5. The fourth-order valence-corrected chi connectivity index (χ4v) is 5.38. The third-order valence-corrected chi connectivity index (χ3v) is 7.07. The lowest BCUT2D eigenvalue weighted by Gasteiger charge is -2.41. The molecule has 4 atom stereocenters. The predicted octanol–water partition coefficient (Wildman–Crippen LogP) is 3.06. The summed E-state index contributed by atoms with van der Waals surface area (Å²) in [5, 5.41) is 12.0. The second-order valence-corrected chi connectivity index (χ2v) is 9.07. The molecule has 1 amide bonds. The molecule has 0 unspecified atom stereocenters. The van der Waals surface area contributed by atoms with Crippen LogP contribution in [0, 0.1) is 11.8 Å². The van der Waals surface area contributed by atoms with Gasteiger partial charge in [0.1, 0.15) is 5.82 Å². The number of piperidine rings is 2. The molecule has 3 aliphatic heterocycles. The summed E-state index contributed by atoms with van der Waals surface area (Å²) in [5.74, 6) is 3.38. The Labute approximate surface area is 202 Å². The van der Waals surface area contributed by atoms with E-state index in [4.69, 9.17) is 4.98 Å². The summed E-state index contributed by atoms with van der Waals surface area (Å²) in [6.07, 6.45) is 3.98. The molecule has 9 heteroatoms. The van der Waals surface area contributed by atoms with Crippen LogP contribution in [0.15, 0.2) is 30.3 Å². The number of nitrogens with one attached hydrogen (secondary N) is 2. The molecule has 7 nitrogen and oxygen atoms in total. The Morgan fingerprint density at radius 1 is 1.12 bits per heavy atom. The highest BCUT2D eigenvalue weighted by atomic mass is 35.5. The van der Waals surface area contributed by atoms with Gasteiger partial charge in [0, 0.05) is 24.6 Å². The highest BCUT2D eigenvalue weighted by molar-refractivity contribution is 5.85. The smallest absolute Gasteiger partial charge is 0.223 e. The average Bonchev–Trinajstić information content (AvgIpc) is 3.22. The van der Waals surface area contributed by atoms with Gasteiger partial charge in [0.2, 0.25) is 5.91 Å². The number of aromatic nitrogens is 3. The van der Waals surface area contributed by atoms with Gasteiger partial charge in [-0.3, -0.25) is 4.79 Å². The molecule has 5 rings (SSSR count). The second-order valence-electron chi connectivity index (χ2n) is 9.07. The molecule has 2 bridgehead atoms. The molecule has 0 spiro atoms. The van der Waals surface area contributed by atoms with Crippen LogP contribution in [-0.2, 0) is 11.3 Å². The zero-order valence-electron chi connectivity index (χ0n) is 18.6. The van der Waals surface area contributed by atoms with Crippen LogP contribution in [0.4, 0.5) is 0 Å². The summed E-state index contributed by atoms with van der Waals surface area (Å²) < 4.78 is 1.97. The number of benzene rings is 1. The van der Waals surface area contributed by atoms with Gasteiger partial charge in [0.15, 0.2) is 5.82 Å². The van der Waals surface area contributed by atoms with Crippen molar-refractivity contribution in [2.24, 2.45) is 11.8 Å². The summed E-state index contributed by atoms with van der Waals surface area (Å²) in [4.78, 5) is 19.7. The van der Waals surface area contributed by atoms with Crippen molar-refractivity contribution in [1.82, 2.24) is 30.3 Å². The molecule has 2 aromatic rings. The highest BCUT2D eigenvalue weighted by Gasteiger charge is 2.34. The van der Waals surface area contributed by atoms with Gasteiger partial charge in [-0.05, 0) is 57.7 Å². The molecule has 1 aromatic carbocycles. The van der Waals surface area contributed by atoms with E-state index in [1.54, 1.807) is 0 Å². The maximum atomic E-state index is 13.0. The quantitative estimate of drug-likeness (QED) is 0.687. The van der Waals surface area contributed by atoms with E-state index < -0.39 is 0 Å². The Bertz CT molecular complexity index is 892. The summed E-state index contributed by atoms with van der Waals surface area (Å²) in [5.41, 5.74) is 1.02. The molecule has 0 radical (unpaired) electrons. The van der Waals surface area contributed by atoms with Crippen LogP contribution in [0.3, 0.4) is 0 Å². The molecule has 32 heavy (non-hydrogen) atoms. The number of amides is 1. The fraction of sp³-hybridized carbons (Fsp3) is 0.609. The van der Waals surface area contributed by atoms with E-state index in [-0.39, 0.29) is 36.8 Å². The Morgan fingerprint density at radius 2 is 1.94 bits per heavy atom. The van der Waals surface area contributed by atoms with Crippen LogP contribution in [-0.4, -0.2) is 57.8 Å². The minimum absolute atomic E-state index is 0. The van der Waals surface area contributed by atoms with Crippen molar-refractivity contribution in [3.63, 3.8) is 0 Å². The van der Waals surface area contributed by atoms with Crippen LogP contribution in [0.5, 0.6) is 0 Å². The molecule has 2 N–H and O–H groups in total. The minimum Gasteiger partial charge on any atom is -0.331 e. The first-order valence-electron chi connectivity index (χ1n) is 11.4. The van der Waals surface area contributed by atoms with E-state index in [1.807, 2.05) is 39.9 Å². The lowest BCUT2D eigenvalue weighted by molar-refractivity contribution is -0.134. The zero-order chi connectivity index (χ0) is 20.5. The van der Waals surface area contributed by atoms with Crippen molar-refractivity contribution in [3.8, 4) is 11.4 Å². The van der Waals surface area contributed by atoms with Gasteiger partial charge in [-0.1, -0.05) is 30.3 Å². The minimum atomic E-state index is -0.0349. The van der Waals surface area contributed by atoms with E-state index in [1.165, 1.54) is 6.42 Å². The number of hydrogen-bond acceptors (Lipinski definition) is 5. The number of fused-ring (bicyclic) bond motifs is 3. The monoisotopic (exact) mass is 480 g/mol. The number of nitrogens with zero attached hydrogens (tertiary/aromatic N) is 4. The zero-order valence-corrected chi connectivity index (χ0v) is 20.2. The maximum absolute atomic E-state index is 13.0. The van der Waals surface area contributed by atoms with Crippen molar-refractivity contribution < 1.29 is 4.79 Å². The van der Waals surface area contributed by atoms with Crippen molar-refractivity contribution in [1.29, 1.82) is 0 Å². The van der Waals surface area contributed by atoms with Gasteiger partial charge in [0.05, 0.1) is 12.6 Å². The SMILES string of the molecule is C[C@H]1c2nc(-c3ccccc3)nn2CCN1C(=O)CCC[C@@H]1NC[C@@H]2CNC[C@H]1C2.Cl.Cl. The second kappa shape index (κ2) is 11.0. The normalized spacial score (nSPS) is 26.5. The molecule has 0 saturated carbocycles. The van der Waals surface area contributed by atoms with Crippen molar-refractivity contribution >= 4 is 30.7 Å². The average molecular weight is 481 g/mol. The highest BCUT2D eigenvalue weighted by Crippen LogP contribution is 2.29. The maximum Gasteiger partial charge on any atom is 0.223 e. The lowest BCUT2D eigenvalue weighted by Crippen LogP contribution is -2.54. The molecule has 2 saturated heterocycles. The Balaban J connectivity index is 0.00000144. The fourth-order valence-electron chi connectivity index (χ4n) is 5.38. The van der Waals surface area contributed by atoms with E-state index in [9.17, 15) is 4.79 Å². The number of carbonyl (C=O) groups excluding carboxylic acids is 1. The molecule has 0 aliphatic carbocycles. The Hall–Kier alpha value is -1.67. The third-order valence-electron chi connectivity index (χ3n) is 7.07. The molecular formula is C23H34Cl2N6O. The van der Waals surface area contributed by atoms with Gasteiger partial charge >= 0.3 is 0 Å². The third kappa shape index (κ3) is 5.11. The van der Waals surface area contributed by atoms with Crippen LogP contribution in [0.2, 0.25) is 0 Å². The van der Waals surface area contributed by atoms with Gasteiger partial charge < -0.3 is 15.5 Å². The predicted molar refractivity (Wildman–Crippen MR) is 130 cm³/mol. The van der Waals surface area contributed by atoms with Gasteiger partial charge in [-0.25, -0.2) is 9.67 Å². The molecule has 176 valence electrons. The summed E-state index contributed by atoms with van der Waals surface area (Å²) in [6.45, 7) is 6.88. The summed E-state index contributed by atoms with van der Waals surface area (Å²) in [7, 11) is 0. The largest absolute Gasteiger partial charge is 0.331 e. The molecule has 3 aliphatic rings. The van der Waals surface area contributed by atoms with Crippen LogP contribution in [0.25, 0.3) is 11.4 Å². The molecule has 4 heterocycles. The summed E-state index contributed by atoms with van der Waals surface area (Å²) >= 11 is 0. The van der Waals surface area contributed by atoms with Crippen LogP contribution < -0.4 is 10.6 Å². The first kappa shape index (κ1) is 25.0. The Kier molecular flexibility index (Phi) is 8.55. The lowest BCUT2D eigenvalue weighted by atomic mass is 9.80. The van der Waals surface area contributed by atoms with Gasteiger partial charge in [0.25, 0.3) is 0 Å². The van der Waals surface area contributed by atoms with E-state index in [2.05, 4.69) is 22.7 Å². The first-order valence-corrected chi connectivity index (χ1v) is 11.4. The van der Waals surface area contributed by atoms with Crippen LogP contribution >= 0.6 is 24.8 Å². The van der Waals surface area contributed by atoms with Crippen molar-refractivity contribution in [2.75, 3.05) is 26.2 Å². The van der Waals surface area contributed by atoms with E-state index >= 15 is 0 Å². The van der Waals surface area contributed by atoms with Crippen LogP contribution in [0.1, 0.15) is 44.5 Å². The molecule has 1 aromatic heterocycles. The van der Waals surface area contributed by atoms with Gasteiger partial charge in [-0.2, -0.15) is 5.10 Å². The van der Waals surface area contributed by atoms with Crippen molar-refractivity contribution in [3.05, 3.63) is 36.2 Å². The number of hydrogen-bond donors (Lipinski definition) is 2. The number of carbonyl (C=O) groups is 1. The van der Waals surface area contributed by atoms with Gasteiger partial charge in [-0.15, -0.1) is 24.8 Å². The number of halogens is 2. The standard InChI is InChI=1S/C23H32N6O.2ClH/c1-16-23-26-22(18-6-3-2-4-7-18)27-29(23)11-10-28(16)21(30)9-5-8-20-19-12-17(14-25-20)13-24-15-19;;/h2-4,6-7,16-17,19-20,24-25H,5,8-15H2,1H3;2*1H/t16-,17-,19+,20-;;/m0../s1. The molecular weight excluding hydrogens is 447 g/mol. The summed E-state index contributed by atoms with van der Waals surface area (Å²) in [6, 6.07) is 10.6. The van der Waals surface area contributed by atoms with E-state index in [0.29, 0.717) is 25.6 Å². The van der Waals surface area contributed by atoms with E-state index in [0.717, 1.165) is 61.5 Å².